The number of phenolic OH excluding ortho intramolecular Hbond substituents is 2. The molecule has 2 atom stereocenters. The molecular formula is C44H58O4S. The molecule has 0 amide bonds. The van der Waals surface area contributed by atoms with Gasteiger partial charge in [0.15, 0.2) is 0 Å². The first-order valence-electron chi connectivity index (χ1n) is 17.3. The summed E-state index contributed by atoms with van der Waals surface area (Å²) in [6, 6.07) is 25.5. The molecule has 0 fully saturated rings. The van der Waals surface area contributed by atoms with Gasteiger partial charge in [-0.2, -0.15) is 0 Å². The monoisotopic (exact) mass is 682 g/mol. The SMILES string of the molecule is COc1ccc([C@@H](S[C@H](c2ccc(OC)cc2)c2cc(C(C)(C)C)c(O)c(C(C)(C)C)c2)c2cc(C(C)(C)C)c(O)c(C(C)(C)C)c2)cc1. The van der Waals surface area contributed by atoms with E-state index in [4.69, 9.17) is 9.47 Å². The van der Waals surface area contributed by atoms with Gasteiger partial charge < -0.3 is 19.7 Å². The molecule has 0 aromatic heterocycles. The van der Waals surface area contributed by atoms with E-state index in [9.17, 15) is 10.2 Å². The normalized spacial score (nSPS) is 14.0. The van der Waals surface area contributed by atoms with Gasteiger partial charge in [0.1, 0.15) is 23.0 Å². The lowest BCUT2D eigenvalue weighted by molar-refractivity contribution is 0.414. The number of hydrogen-bond acceptors (Lipinski definition) is 5. The van der Waals surface area contributed by atoms with Crippen molar-refractivity contribution in [1.29, 1.82) is 0 Å². The predicted molar refractivity (Wildman–Crippen MR) is 208 cm³/mol. The largest absolute Gasteiger partial charge is 0.507 e. The third kappa shape index (κ3) is 8.60. The summed E-state index contributed by atoms with van der Waals surface area (Å²) >= 11 is 1.87. The summed E-state index contributed by atoms with van der Waals surface area (Å²) < 4.78 is 11.1. The summed E-state index contributed by atoms with van der Waals surface area (Å²) in [6.07, 6.45) is 0. The Hall–Kier alpha value is -3.57. The summed E-state index contributed by atoms with van der Waals surface area (Å²) in [7, 11) is 3.38. The molecule has 0 aliphatic carbocycles. The maximum absolute atomic E-state index is 11.7. The average Bonchev–Trinajstić information content (AvgIpc) is 3.00. The van der Waals surface area contributed by atoms with E-state index in [-0.39, 0.29) is 32.2 Å². The van der Waals surface area contributed by atoms with E-state index in [1.54, 1.807) is 14.2 Å². The number of aromatic hydroxyl groups is 2. The molecule has 264 valence electrons. The molecule has 0 aliphatic heterocycles. The fraction of sp³-hybridized carbons (Fsp3) is 0.455. The highest BCUT2D eigenvalue weighted by molar-refractivity contribution is 8.00. The number of thioether (sulfide) groups is 1. The smallest absolute Gasteiger partial charge is 0.123 e. The van der Waals surface area contributed by atoms with Gasteiger partial charge in [0.25, 0.3) is 0 Å². The molecule has 0 radical (unpaired) electrons. The maximum atomic E-state index is 11.7. The molecule has 0 spiro atoms. The second-order valence-electron chi connectivity index (χ2n) is 17.4. The van der Waals surface area contributed by atoms with Crippen LogP contribution in [0.15, 0.2) is 72.8 Å². The Labute approximate surface area is 300 Å². The molecule has 0 saturated heterocycles. The third-order valence-corrected chi connectivity index (χ3v) is 10.8. The lowest BCUT2D eigenvalue weighted by Crippen LogP contribution is -2.19. The van der Waals surface area contributed by atoms with Crippen molar-refractivity contribution in [1.82, 2.24) is 0 Å². The molecule has 5 heteroatoms. The third-order valence-electron chi connectivity index (χ3n) is 9.21. The van der Waals surface area contributed by atoms with Gasteiger partial charge in [0, 0.05) is 0 Å². The first-order chi connectivity index (χ1) is 22.6. The van der Waals surface area contributed by atoms with Gasteiger partial charge in [-0.15, -0.1) is 11.8 Å². The van der Waals surface area contributed by atoms with Crippen LogP contribution in [0.4, 0.5) is 0 Å². The lowest BCUT2D eigenvalue weighted by atomic mass is 9.78. The van der Waals surface area contributed by atoms with Crippen molar-refractivity contribution < 1.29 is 19.7 Å². The van der Waals surface area contributed by atoms with Crippen molar-refractivity contribution in [2.24, 2.45) is 0 Å². The number of rotatable bonds is 8. The van der Waals surface area contributed by atoms with Crippen molar-refractivity contribution in [2.75, 3.05) is 14.2 Å². The Bertz CT molecular complexity index is 1540. The highest BCUT2D eigenvalue weighted by atomic mass is 32.2. The Morgan fingerprint density at radius 3 is 0.878 bits per heavy atom. The Morgan fingerprint density at radius 2 is 0.673 bits per heavy atom. The van der Waals surface area contributed by atoms with Crippen LogP contribution in [0.2, 0.25) is 0 Å². The molecule has 4 aromatic rings. The van der Waals surface area contributed by atoms with Crippen molar-refractivity contribution in [3.63, 3.8) is 0 Å². The lowest BCUT2D eigenvalue weighted by Gasteiger charge is -2.33. The molecule has 4 rings (SSSR count). The Balaban J connectivity index is 2.08. The van der Waals surface area contributed by atoms with Crippen molar-refractivity contribution in [2.45, 2.75) is 115 Å². The zero-order valence-corrected chi connectivity index (χ0v) is 33.0. The van der Waals surface area contributed by atoms with E-state index in [1.807, 2.05) is 36.0 Å². The van der Waals surface area contributed by atoms with E-state index < -0.39 is 0 Å². The second-order valence-corrected chi connectivity index (χ2v) is 18.6. The molecule has 0 saturated carbocycles. The van der Waals surface area contributed by atoms with Crippen molar-refractivity contribution in [3.05, 3.63) is 117 Å². The molecule has 0 aliphatic rings. The number of hydrogen-bond donors (Lipinski definition) is 2. The molecular weight excluding hydrogens is 625 g/mol. The first-order valence-corrected chi connectivity index (χ1v) is 18.2. The van der Waals surface area contributed by atoms with E-state index >= 15 is 0 Å². The zero-order valence-electron chi connectivity index (χ0n) is 32.2. The minimum Gasteiger partial charge on any atom is -0.507 e. The van der Waals surface area contributed by atoms with E-state index in [0.717, 1.165) is 56.0 Å². The van der Waals surface area contributed by atoms with Crippen LogP contribution in [0.3, 0.4) is 0 Å². The summed E-state index contributed by atoms with van der Waals surface area (Å²) in [6.45, 7) is 25.9. The average molecular weight is 683 g/mol. The molecule has 4 aromatic carbocycles. The number of methoxy groups -OCH3 is 2. The maximum Gasteiger partial charge on any atom is 0.123 e. The number of ether oxygens (including phenoxy) is 2. The van der Waals surface area contributed by atoms with Crippen molar-refractivity contribution in [3.8, 4) is 23.0 Å². The fourth-order valence-electron chi connectivity index (χ4n) is 6.30. The Morgan fingerprint density at radius 1 is 0.429 bits per heavy atom. The predicted octanol–water partition coefficient (Wildman–Crippen LogP) is 11.9. The van der Waals surface area contributed by atoms with E-state index in [0.29, 0.717) is 11.5 Å². The van der Waals surface area contributed by atoms with Gasteiger partial charge in [-0.25, -0.2) is 0 Å². The summed E-state index contributed by atoms with van der Waals surface area (Å²) in [5.41, 5.74) is 7.19. The quantitative estimate of drug-likeness (QED) is 0.194. The highest BCUT2D eigenvalue weighted by Gasteiger charge is 2.33. The van der Waals surface area contributed by atoms with Crippen molar-refractivity contribution >= 4 is 11.8 Å². The van der Waals surface area contributed by atoms with Crippen LogP contribution in [-0.4, -0.2) is 24.4 Å². The van der Waals surface area contributed by atoms with Gasteiger partial charge in [-0.3, -0.25) is 0 Å². The highest BCUT2D eigenvalue weighted by Crippen LogP contribution is 2.52. The Kier molecular flexibility index (Phi) is 10.9. The van der Waals surface area contributed by atoms with Crippen LogP contribution in [-0.2, 0) is 21.7 Å². The topological polar surface area (TPSA) is 58.9 Å². The van der Waals surface area contributed by atoms with Crippen LogP contribution in [0, 0.1) is 0 Å². The van der Waals surface area contributed by atoms with Gasteiger partial charge in [-0.1, -0.05) is 132 Å². The van der Waals surface area contributed by atoms with Crippen LogP contribution < -0.4 is 9.47 Å². The first kappa shape index (κ1) is 38.2. The van der Waals surface area contributed by atoms with Crippen LogP contribution in [0.1, 0.15) is 138 Å². The molecule has 0 bridgehead atoms. The second kappa shape index (κ2) is 14.0. The number of phenols is 2. The van der Waals surface area contributed by atoms with Gasteiger partial charge >= 0.3 is 0 Å². The van der Waals surface area contributed by atoms with Crippen LogP contribution in [0.25, 0.3) is 0 Å². The summed E-state index contributed by atoms with van der Waals surface area (Å²) in [5.74, 6) is 2.35. The summed E-state index contributed by atoms with van der Waals surface area (Å²) in [4.78, 5) is 0. The molecule has 2 N–H and O–H groups in total. The molecule has 49 heavy (non-hydrogen) atoms. The minimum absolute atomic E-state index is 0.106. The van der Waals surface area contributed by atoms with Crippen LogP contribution in [0.5, 0.6) is 23.0 Å². The van der Waals surface area contributed by atoms with Crippen LogP contribution >= 0.6 is 11.8 Å². The van der Waals surface area contributed by atoms with Gasteiger partial charge in [-0.05, 0) is 90.4 Å². The van der Waals surface area contributed by atoms with Gasteiger partial charge in [0.2, 0.25) is 0 Å². The minimum atomic E-state index is -0.273. The van der Waals surface area contributed by atoms with E-state index in [2.05, 4.69) is 132 Å². The fourth-order valence-corrected chi connectivity index (χ4v) is 7.78. The standard InChI is InChI=1S/C44H58O4S/c1-41(2,3)33-23-29(24-34(37(33)45)42(4,5)6)39(27-15-19-31(47-13)20-16-27)49-40(28-17-21-32(48-14)22-18-28)30-25-35(43(7,8)9)38(46)36(26-30)44(10,11)12/h15-26,39-40,45-46H,1-14H3/t39-,40-/m1/s1. The molecule has 0 heterocycles. The summed E-state index contributed by atoms with van der Waals surface area (Å²) in [5, 5.41) is 23.1. The molecule has 4 nitrogen and oxygen atoms in total. The zero-order chi connectivity index (χ0) is 36.7. The van der Waals surface area contributed by atoms with Gasteiger partial charge in [0.05, 0.1) is 24.7 Å². The van der Waals surface area contributed by atoms with E-state index in [1.165, 1.54) is 0 Å². The number of benzene rings is 4. The molecule has 0 unspecified atom stereocenters.